The first-order valence-electron chi connectivity index (χ1n) is 7.86. The van der Waals surface area contributed by atoms with Crippen molar-refractivity contribution in [2.24, 2.45) is 5.41 Å². The van der Waals surface area contributed by atoms with Gasteiger partial charge in [0.2, 0.25) is 11.8 Å². The topological polar surface area (TPSA) is 74.8 Å². The maximum Gasteiger partial charge on any atom is 0.321 e. The number of likely N-dealkylation sites (tertiary alicyclic amines) is 2. The molecule has 2 fully saturated rings. The molecule has 3 heterocycles. The number of rotatable bonds is 2. The molecule has 7 nitrogen and oxygen atoms in total. The van der Waals surface area contributed by atoms with Gasteiger partial charge in [-0.1, -0.05) is 0 Å². The second kappa shape index (κ2) is 6.06. The van der Waals surface area contributed by atoms with Crippen LogP contribution in [0, 0.1) is 5.41 Å². The van der Waals surface area contributed by atoms with E-state index in [2.05, 4.69) is 10.3 Å². The summed E-state index contributed by atoms with van der Waals surface area (Å²) >= 11 is 0. The van der Waals surface area contributed by atoms with Gasteiger partial charge in [0.05, 0.1) is 24.4 Å². The van der Waals surface area contributed by atoms with Gasteiger partial charge in [0.15, 0.2) is 0 Å². The van der Waals surface area contributed by atoms with E-state index >= 15 is 0 Å². The van der Waals surface area contributed by atoms with Gasteiger partial charge >= 0.3 is 6.03 Å². The van der Waals surface area contributed by atoms with Crippen molar-refractivity contribution >= 4 is 17.6 Å². The second-order valence-corrected chi connectivity index (χ2v) is 6.30. The Labute approximate surface area is 135 Å². The molecular weight excluding hydrogens is 296 g/mol. The number of nitrogens with one attached hydrogen (secondary N) is 1. The molecule has 0 bridgehead atoms. The lowest BCUT2D eigenvalue weighted by atomic mass is 9.78. The molecule has 7 heteroatoms. The van der Waals surface area contributed by atoms with Gasteiger partial charge in [-0.05, 0) is 25.3 Å². The van der Waals surface area contributed by atoms with Gasteiger partial charge in [-0.15, -0.1) is 0 Å². The molecule has 0 unspecified atom stereocenters. The van der Waals surface area contributed by atoms with E-state index in [-0.39, 0.29) is 17.4 Å². The molecule has 1 N–H and O–H groups in total. The number of methoxy groups -OCH3 is 1. The molecule has 0 radical (unpaired) electrons. The van der Waals surface area contributed by atoms with Crippen LogP contribution in [0.25, 0.3) is 0 Å². The van der Waals surface area contributed by atoms with Crippen molar-refractivity contribution in [1.29, 1.82) is 0 Å². The summed E-state index contributed by atoms with van der Waals surface area (Å²) in [6.07, 6.45) is 4.16. The molecule has 1 aromatic heterocycles. The molecule has 3 rings (SSSR count). The monoisotopic (exact) mass is 318 g/mol. The Balaban J connectivity index is 1.64. The van der Waals surface area contributed by atoms with E-state index in [1.54, 1.807) is 35.2 Å². The van der Waals surface area contributed by atoms with Gasteiger partial charge in [-0.25, -0.2) is 9.78 Å². The van der Waals surface area contributed by atoms with Crippen LogP contribution in [0.1, 0.15) is 19.3 Å². The quantitative estimate of drug-likeness (QED) is 0.898. The largest absolute Gasteiger partial charge is 0.481 e. The number of piperidine rings is 1. The minimum absolute atomic E-state index is 0.171. The minimum atomic E-state index is -0.386. The van der Waals surface area contributed by atoms with Crippen LogP contribution in [-0.2, 0) is 4.79 Å². The number of hydrogen-bond acceptors (Lipinski definition) is 4. The van der Waals surface area contributed by atoms with Gasteiger partial charge < -0.3 is 19.9 Å². The molecule has 1 atom stereocenters. The average molecular weight is 318 g/mol. The van der Waals surface area contributed by atoms with Gasteiger partial charge in [0.25, 0.3) is 0 Å². The van der Waals surface area contributed by atoms with Crippen LogP contribution in [-0.4, -0.2) is 60.5 Å². The predicted octanol–water partition coefficient (Wildman–Crippen LogP) is 1.57. The highest BCUT2D eigenvalue weighted by atomic mass is 16.5. The van der Waals surface area contributed by atoms with E-state index in [9.17, 15) is 9.59 Å². The number of ether oxygens (including phenoxy) is 1. The first-order chi connectivity index (χ1) is 11.0. The SMILES string of the molecule is COc1ccc(NC(=O)N2CC[C@]3(CCCN(C)C3=O)C2)cn1. The highest BCUT2D eigenvalue weighted by molar-refractivity contribution is 5.91. The summed E-state index contributed by atoms with van der Waals surface area (Å²) in [5.74, 6) is 0.670. The van der Waals surface area contributed by atoms with E-state index in [0.717, 1.165) is 25.8 Å². The number of carbonyl (C=O) groups excluding carboxylic acids is 2. The summed E-state index contributed by atoms with van der Waals surface area (Å²) < 4.78 is 4.99. The number of carbonyl (C=O) groups is 2. The Morgan fingerprint density at radius 1 is 1.35 bits per heavy atom. The van der Waals surface area contributed by atoms with Crippen LogP contribution in [0.4, 0.5) is 10.5 Å². The fourth-order valence-corrected chi connectivity index (χ4v) is 3.47. The van der Waals surface area contributed by atoms with Crippen molar-refractivity contribution in [3.63, 3.8) is 0 Å². The first-order valence-corrected chi connectivity index (χ1v) is 7.86. The van der Waals surface area contributed by atoms with E-state index in [1.807, 2.05) is 7.05 Å². The summed E-state index contributed by atoms with van der Waals surface area (Å²) in [6.45, 7) is 1.91. The Bertz CT molecular complexity index is 604. The summed E-state index contributed by atoms with van der Waals surface area (Å²) in [5.41, 5.74) is 0.228. The third kappa shape index (κ3) is 2.95. The van der Waals surface area contributed by atoms with Crippen molar-refractivity contribution in [1.82, 2.24) is 14.8 Å². The first kappa shape index (κ1) is 15.6. The van der Waals surface area contributed by atoms with Gasteiger partial charge in [-0.2, -0.15) is 0 Å². The molecule has 2 saturated heterocycles. The number of hydrogen-bond donors (Lipinski definition) is 1. The van der Waals surface area contributed by atoms with Gasteiger partial charge in [-0.3, -0.25) is 4.79 Å². The number of anilines is 1. The smallest absolute Gasteiger partial charge is 0.321 e. The molecule has 1 spiro atoms. The molecule has 124 valence electrons. The number of aromatic nitrogens is 1. The number of amides is 3. The maximum absolute atomic E-state index is 12.5. The van der Waals surface area contributed by atoms with Crippen LogP contribution in [0.3, 0.4) is 0 Å². The average Bonchev–Trinajstić information content (AvgIpc) is 2.99. The summed E-state index contributed by atoms with van der Waals surface area (Å²) in [4.78, 5) is 32.5. The number of pyridine rings is 1. The van der Waals surface area contributed by atoms with Crippen molar-refractivity contribution in [3.8, 4) is 5.88 Å². The minimum Gasteiger partial charge on any atom is -0.481 e. The Hall–Kier alpha value is -2.31. The highest BCUT2D eigenvalue weighted by Crippen LogP contribution is 2.39. The van der Waals surface area contributed by atoms with E-state index in [4.69, 9.17) is 4.74 Å². The second-order valence-electron chi connectivity index (χ2n) is 6.30. The van der Waals surface area contributed by atoms with Crippen LogP contribution in [0.5, 0.6) is 5.88 Å². The van der Waals surface area contributed by atoms with E-state index in [1.165, 1.54) is 0 Å². The van der Waals surface area contributed by atoms with Crippen LogP contribution < -0.4 is 10.1 Å². The standard InChI is InChI=1S/C16H22N4O3/c1-19-8-3-6-16(14(19)21)7-9-20(11-16)15(22)18-12-4-5-13(23-2)17-10-12/h4-5,10H,3,6-9,11H2,1-2H3,(H,18,22)/t16-/m1/s1. The molecule has 3 amide bonds. The molecule has 0 aliphatic carbocycles. The van der Waals surface area contributed by atoms with E-state index in [0.29, 0.717) is 24.7 Å². The third-order valence-electron chi connectivity index (χ3n) is 4.79. The van der Waals surface area contributed by atoms with Crippen molar-refractivity contribution in [2.75, 3.05) is 39.1 Å². The summed E-state index contributed by atoms with van der Waals surface area (Å²) in [7, 11) is 3.39. The Kier molecular flexibility index (Phi) is 4.11. The summed E-state index contributed by atoms with van der Waals surface area (Å²) in [6, 6.07) is 3.25. The predicted molar refractivity (Wildman–Crippen MR) is 85.3 cm³/mol. The number of urea groups is 1. The molecule has 2 aliphatic heterocycles. The summed E-state index contributed by atoms with van der Waals surface area (Å²) in [5, 5.41) is 2.83. The molecule has 0 saturated carbocycles. The van der Waals surface area contributed by atoms with Crippen LogP contribution >= 0.6 is 0 Å². The Morgan fingerprint density at radius 3 is 2.87 bits per heavy atom. The maximum atomic E-state index is 12.5. The zero-order valence-electron chi connectivity index (χ0n) is 13.5. The van der Waals surface area contributed by atoms with Crippen LogP contribution in [0.15, 0.2) is 18.3 Å². The lowest BCUT2D eigenvalue weighted by molar-refractivity contribution is -0.143. The molecule has 23 heavy (non-hydrogen) atoms. The zero-order valence-corrected chi connectivity index (χ0v) is 13.5. The van der Waals surface area contributed by atoms with Crippen molar-refractivity contribution < 1.29 is 14.3 Å². The van der Waals surface area contributed by atoms with Gasteiger partial charge in [0.1, 0.15) is 0 Å². The normalized spacial score (nSPS) is 24.2. The fourth-order valence-electron chi connectivity index (χ4n) is 3.47. The lowest BCUT2D eigenvalue weighted by Gasteiger charge is -2.37. The highest BCUT2D eigenvalue weighted by Gasteiger charge is 2.48. The molecule has 0 aromatic carbocycles. The molecule has 2 aliphatic rings. The zero-order chi connectivity index (χ0) is 16.4. The fraction of sp³-hybridized carbons (Fsp3) is 0.562. The van der Waals surface area contributed by atoms with Crippen molar-refractivity contribution in [2.45, 2.75) is 19.3 Å². The van der Waals surface area contributed by atoms with E-state index < -0.39 is 0 Å². The van der Waals surface area contributed by atoms with Crippen molar-refractivity contribution in [3.05, 3.63) is 18.3 Å². The third-order valence-corrected chi connectivity index (χ3v) is 4.79. The Morgan fingerprint density at radius 2 is 2.17 bits per heavy atom. The number of nitrogens with zero attached hydrogens (tertiary/aromatic N) is 3. The molecule has 1 aromatic rings. The van der Waals surface area contributed by atoms with Crippen LogP contribution in [0.2, 0.25) is 0 Å². The lowest BCUT2D eigenvalue weighted by Crippen LogP contribution is -2.49. The van der Waals surface area contributed by atoms with Gasteiger partial charge in [0, 0.05) is 32.7 Å². The molecular formula is C16H22N4O3.